The number of hydrogen-bond acceptors (Lipinski definition) is 3. The highest BCUT2D eigenvalue weighted by Gasteiger charge is 2.31. The van der Waals surface area contributed by atoms with E-state index in [9.17, 15) is 0 Å². The number of anilines is 1. The third kappa shape index (κ3) is 3.64. The Hall–Kier alpha value is -1.69. The summed E-state index contributed by atoms with van der Waals surface area (Å²) in [6.07, 6.45) is 5.17. The predicted octanol–water partition coefficient (Wildman–Crippen LogP) is 3.97. The van der Waals surface area contributed by atoms with E-state index >= 15 is 0 Å². The van der Waals surface area contributed by atoms with Gasteiger partial charge >= 0.3 is 0 Å². The molecule has 1 unspecified atom stereocenters. The summed E-state index contributed by atoms with van der Waals surface area (Å²) in [5.41, 5.74) is 1.48. The average Bonchev–Trinajstić information content (AvgIpc) is 2.40. The Morgan fingerprint density at radius 1 is 1.32 bits per heavy atom. The van der Waals surface area contributed by atoms with Gasteiger partial charge in [-0.3, -0.25) is 0 Å². The summed E-state index contributed by atoms with van der Waals surface area (Å²) in [4.78, 5) is 0. The molecule has 1 atom stereocenters. The van der Waals surface area contributed by atoms with Crippen LogP contribution in [-0.2, 0) is 0 Å². The maximum atomic E-state index is 8.47. The smallest absolute Gasteiger partial charge is 0.174 e. The summed E-state index contributed by atoms with van der Waals surface area (Å²) in [7, 11) is 0. The van der Waals surface area contributed by atoms with E-state index in [4.69, 9.17) is 10.00 Å². The van der Waals surface area contributed by atoms with Crippen LogP contribution in [0.25, 0.3) is 0 Å². The van der Waals surface area contributed by atoms with Gasteiger partial charge in [-0.15, -0.1) is 0 Å². The van der Waals surface area contributed by atoms with E-state index in [1.807, 2.05) is 30.3 Å². The van der Waals surface area contributed by atoms with Crippen LogP contribution in [0.5, 0.6) is 5.75 Å². The predicted molar refractivity (Wildman–Crippen MR) is 77.2 cm³/mol. The van der Waals surface area contributed by atoms with Gasteiger partial charge < -0.3 is 10.1 Å². The molecule has 1 N–H and O–H groups in total. The fourth-order valence-corrected chi connectivity index (χ4v) is 2.73. The fraction of sp³-hybridized carbons (Fsp3) is 0.562. The van der Waals surface area contributed by atoms with Crippen LogP contribution in [0.15, 0.2) is 24.3 Å². The minimum Gasteiger partial charge on any atom is -0.479 e. The van der Waals surface area contributed by atoms with E-state index in [1.54, 1.807) is 0 Å². The third-order valence-electron chi connectivity index (χ3n) is 4.01. The second kappa shape index (κ2) is 5.97. The summed E-state index contributed by atoms with van der Waals surface area (Å²) in [5.74, 6) is 0.745. The average molecular weight is 258 g/mol. The Balaban J connectivity index is 1.97. The third-order valence-corrected chi connectivity index (χ3v) is 4.01. The number of nitriles is 1. The molecule has 1 aromatic rings. The maximum absolute atomic E-state index is 8.47. The van der Waals surface area contributed by atoms with E-state index in [0.29, 0.717) is 11.5 Å². The quantitative estimate of drug-likeness (QED) is 0.888. The lowest BCUT2D eigenvalue weighted by Crippen LogP contribution is -2.38. The van der Waals surface area contributed by atoms with E-state index in [1.165, 1.54) is 25.7 Å². The molecule has 19 heavy (non-hydrogen) atoms. The first kappa shape index (κ1) is 13.7. The Bertz CT molecular complexity index is 445. The zero-order valence-electron chi connectivity index (χ0n) is 11.8. The summed E-state index contributed by atoms with van der Waals surface area (Å²) in [6.45, 7) is 4.78. The number of ether oxygens (including phenoxy) is 1. The monoisotopic (exact) mass is 258 g/mol. The lowest BCUT2D eigenvalue weighted by Gasteiger charge is -2.39. The lowest BCUT2D eigenvalue weighted by atomic mass is 9.73. The number of hydrogen-bond donors (Lipinski definition) is 1. The van der Waals surface area contributed by atoms with Gasteiger partial charge in [-0.2, -0.15) is 5.26 Å². The van der Waals surface area contributed by atoms with E-state index < -0.39 is 0 Å². The summed E-state index contributed by atoms with van der Waals surface area (Å²) in [6, 6.07) is 10.4. The van der Waals surface area contributed by atoms with Gasteiger partial charge in [0.1, 0.15) is 11.8 Å². The molecule has 1 aliphatic rings. The van der Waals surface area contributed by atoms with Gasteiger partial charge in [0.05, 0.1) is 0 Å². The van der Waals surface area contributed by atoms with Crippen LogP contribution >= 0.6 is 0 Å². The van der Waals surface area contributed by atoms with Crippen LogP contribution < -0.4 is 10.1 Å². The number of nitrogens with zero attached hydrogens (tertiary/aromatic N) is 1. The fourth-order valence-electron chi connectivity index (χ4n) is 2.73. The molecule has 0 saturated heterocycles. The van der Waals surface area contributed by atoms with Crippen LogP contribution in [0.3, 0.4) is 0 Å². The van der Waals surface area contributed by atoms with Crippen LogP contribution in [-0.4, -0.2) is 12.6 Å². The molecular weight excluding hydrogens is 236 g/mol. The van der Waals surface area contributed by atoms with Crippen LogP contribution in [0.1, 0.15) is 39.5 Å². The van der Waals surface area contributed by atoms with Gasteiger partial charge in [0.25, 0.3) is 0 Å². The Morgan fingerprint density at radius 2 is 2.05 bits per heavy atom. The van der Waals surface area contributed by atoms with Gasteiger partial charge in [-0.25, -0.2) is 0 Å². The van der Waals surface area contributed by atoms with E-state index in [2.05, 4.69) is 19.2 Å². The van der Waals surface area contributed by atoms with Crippen molar-refractivity contribution in [3.63, 3.8) is 0 Å². The second-order valence-corrected chi connectivity index (χ2v) is 5.90. The van der Waals surface area contributed by atoms with Crippen molar-refractivity contribution in [2.24, 2.45) is 5.41 Å². The first-order chi connectivity index (χ1) is 9.12. The van der Waals surface area contributed by atoms with Crippen molar-refractivity contribution in [2.75, 3.05) is 11.9 Å². The largest absolute Gasteiger partial charge is 0.479 e. The van der Waals surface area contributed by atoms with Crippen LogP contribution in [0.2, 0.25) is 0 Å². The molecule has 0 aromatic heterocycles. The zero-order chi connectivity index (χ0) is 13.7. The van der Waals surface area contributed by atoms with Gasteiger partial charge in [-0.05, 0) is 42.5 Å². The highest BCUT2D eigenvalue weighted by atomic mass is 16.5. The molecule has 0 heterocycles. The molecule has 1 fully saturated rings. The molecule has 3 heteroatoms. The van der Waals surface area contributed by atoms with Crippen molar-refractivity contribution < 1.29 is 4.74 Å². The topological polar surface area (TPSA) is 45.0 Å². The van der Waals surface area contributed by atoms with Crippen molar-refractivity contribution in [2.45, 2.75) is 45.6 Å². The van der Waals surface area contributed by atoms with Gasteiger partial charge in [0.15, 0.2) is 6.61 Å². The van der Waals surface area contributed by atoms with Gasteiger partial charge in [0, 0.05) is 11.7 Å². The molecular formula is C16H22N2O. The minimum absolute atomic E-state index is 0.0996. The van der Waals surface area contributed by atoms with Crippen molar-refractivity contribution in [3.05, 3.63) is 24.3 Å². The van der Waals surface area contributed by atoms with E-state index in [0.717, 1.165) is 11.4 Å². The van der Waals surface area contributed by atoms with Crippen molar-refractivity contribution in [3.8, 4) is 11.8 Å². The molecule has 1 aromatic carbocycles. The van der Waals surface area contributed by atoms with Crippen molar-refractivity contribution in [1.29, 1.82) is 5.26 Å². The molecule has 1 aliphatic carbocycles. The number of benzene rings is 1. The molecule has 2 rings (SSSR count). The molecule has 3 nitrogen and oxygen atoms in total. The Labute approximate surface area is 115 Å². The first-order valence-corrected chi connectivity index (χ1v) is 6.98. The number of rotatable bonds is 4. The summed E-state index contributed by atoms with van der Waals surface area (Å²) >= 11 is 0. The van der Waals surface area contributed by atoms with Crippen molar-refractivity contribution in [1.82, 2.24) is 0 Å². The molecule has 0 radical (unpaired) electrons. The highest BCUT2D eigenvalue weighted by molar-refractivity contribution is 5.47. The van der Waals surface area contributed by atoms with E-state index in [-0.39, 0.29) is 6.61 Å². The molecule has 1 saturated carbocycles. The number of nitrogens with one attached hydrogen (secondary N) is 1. The molecule has 0 bridgehead atoms. The summed E-state index contributed by atoms with van der Waals surface area (Å²) < 4.78 is 5.25. The SMILES string of the molecule is CC1(C)CCCCC1Nc1ccc(OCC#N)cc1. The molecule has 102 valence electrons. The van der Waals surface area contributed by atoms with Crippen LogP contribution in [0.4, 0.5) is 5.69 Å². The molecule has 0 amide bonds. The molecule has 0 spiro atoms. The second-order valence-electron chi connectivity index (χ2n) is 5.90. The van der Waals surface area contributed by atoms with Crippen LogP contribution in [0, 0.1) is 16.7 Å². The lowest BCUT2D eigenvalue weighted by molar-refractivity contribution is 0.217. The summed E-state index contributed by atoms with van der Waals surface area (Å²) in [5, 5.41) is 12.1. The maximum Gasteiger partial charge on any atom is 0.174 e. The Kier molecular flexibility index (Phi) is 4.31. The minimum atomic E-state index is 0.0996. The Morgan fingerprint density at radius 3 is 2.68 bits per heavy atom. The van der Waals surface area contributed by atoms with Crippen molar-refractivity contribution >= 4 is 5.69 Å². The first-order valence-electron chi connectivity index (χ1n) is 6.98. The highest BCUT2D eigenvalue weighted by Crippen LogP contribution is 2.37. The zero-order valence-corrected chi connectivity index (χ0v) is 11.8. The normalized spacial score (nSPS) is 21.4. The molecule has 0 aliphatic heterocycles. The standard InChI is InChI=1S/C16H22N2O/c1-16(2)10-4-3-5-15(16)18-13-6-8-14(9-7-13)19-12-11-17/h6-9,15,18H,3-5,10,12H2,1-2H3. The van der Waals surface area contributed by atoms with Gasteiger partial charge in [0.2, 0.25) is 0 Å². The van der Waals surface area contributed by atoms with Gasteiger partial charge in [-0.1, -0.05) is 26.7 Å².